The average molecular weight is 381 g/mol. The molecule has 1 aliphatic rings. The van der Waals surface area contributed by atoms with E-state index in [2.05, 4.69) is 4.90 Å². The lowest BCUT2D eigenvalue weighted by Crippen LogP contribution is -2.21. The van der Waals surface area contributed by atoms with Crippen molar-refractivity contribution in [2.45, 2.75) is 19.3 Å². The lowest BCUT2D eigenvalue weighted by atomic mass is 10.1. The van der Waals surface area contributed by atoms with E-state index in [4.69, 9.17) is 9.15 Å². The number of rotatable bonds is 6. The zero-order valence-electron chi connectivity index (χ0n) is 15.6. The number of phenols is 2. The van der Waals surface area contributed by atoms with Gasteiger partial charge in [-0.3, -0.25) is 4.79 Å². The van der Waals surface area contributed by atoms with Crippen molar-refractivity contribution < 1.29 is 19.4 Å². The van der Waals surface area contributed by atoms with Gasteiger partial charge in [0.25, 0.3) is 0 Å². The molecule has 3 aromatic rings. The van der Waals surface area contributed by atoms with E-state index >= 15 is 0 Å². The molecule has 0 radical (unpaired) electrons. The maximum atomic E-state index is 12.6. The first-order chi connectivity index (χ1) is 13.6. The number of phenolic OH excluding ortho intramolecular Hbond substituents is 2. The Morgan fingerprint density at radius 2 is 1.79 bits per heavy atom. The van der Waals surface area contributed by atoms with Crippen molar-refractivity contribution in [3.63, 3.8) is 0 Å². The molecule has 6 nitrogen and oxygen atoms in total. The third-order valence-corrected chi connectivity index (χ3v) is 5.04. The Morgan fingerprint density at radius 3 is 2.54 bits per heavy atom. The predicted octanol–water partition coefficient (Wildman–Crippen LogP) is 3.74. The van der Waals surface area contributed by atoms with Gasteiger partial charge in [0.2, 0.25) is 5.75 Å². The molecule has 28 heavy (non-hydrogen) atoms. The molecule has 2 aromatic carbocycles. The summed E-state index contributed by atoms with van der Waals surface area (Å²) in [4.78, 5) is 15.0. The van der Waals surface area contributed by atoms with Crippen molar-refractivity contribution in [3.05, 3.63) is 52.7 Å². The van der Waals surface area contributed by atoms with Crippen molar-refractivity contribution in [1.29, 1.82) is 0 Å². The molecular weight excluding hydrogens is 358 g/mol. The van der Waals surface area contributed by atoms with E-state index in [1.54, 1.807) is 0 Å². The highest BCUT2D eigenvalue weighted by Gasteiger charge is 2.20. The molecule has 1 aliphatic heterocycles. The van der Waals surface area contributed by atoms with E-state index in [0.717, 1.165) is 37.7 Å². The highest BCUT2D eigenvalue weighted by atomic mass is 16.5. The van der Waals surface area contributed by atoms with Crippen LogP contribution in [0.25, 0.3) is 22.3 Å². The summed E-state index contributed by atoms with van der Waals surface area (Å²) in [6.07, 6.45) is 3.26. The Kier molecular flexibility index (Phi) is 5.21. The van der Waals surface area contributed by atoms with E-state index in [0.29, 0.717) is 12.4 Å². The first-order valence-corrected chi connectivity index (χ1v) is 9.57. The Bertz CT molecular complexity index is 1020. The number of aromatic hydroxyl groups is 2. The van der Waals surface area contributed by atoms with Crippen molar-refractivity contribution in [2.24, 2.45) is 0 Å². The van der Waals surface area contributed by atoms with E-state index in [1.165, 1.54) is 18.9 Å². The van der Waals surface area contributed by atoms with E-state index in [-0.39, 0.29) is 33.6 Å². The molecule has 1 fully saturated rings. The zero-order chi connectivity index (χ0) is 19.5. The van der Waals surface area contributed by atoms with Gasteiger partial charge in [0.1, 0.15) is 16.9 Å². The first kappa shape index (κ1) is 18.4. The maximum absolute atomic E-state index is 12.6. The van der Waals surface area contributed by atoms with Crippen LogP contribution in [0.1, 0.15) is 19.3 Å². The van der Waals surface area contributed by atoms with Crippen LogP contribution in [-0.2, 0) is 0 Å². The molecule has 0 amide bonds. The highest BCUT2D eigenvalue weighted by molar-refractivity contribution is 5.91. The number of hydrogen-bond donors (Lipinski definition) is 2. The Balaban J connectivity index is 1.66. The van der Waals surface area contributed by atoms with Crippen molar-refractivity contribution in [2.75, 3.05) is 26.2 Å². The van der Waals surface area contributed by atoms with Gasteiger partial charge in [0, 0.05) is 24.2 Å². The van der Waals surface area contributed by atoms with E-state index < -0.39 is 0 Å². The molecule has 0 spiro atoms. The second-order valence-electron chi connectivity index (χ2n) is 7.04. The number of nitrogens with zero attached hydrogens (tertiary/aromatic N) is 1. The monoisotopic (exact) mass is 381 g/mol. The van der Waals surface area contributed by atoms with Gasteiger partial charge in [-0.15, -0.1) is 0 Å². The standard InChI is InChI=1S/C22H23NO5/c24-16-13-18(26)21(27-12-6-11-23-9-4-5-10-23)22-20(16)17(25)14-19(28-22)15-7-2-1-3-8-15/h1-3,7-8,13-14,24,26H,4-6,9-12H2. The molecule has 0 bridgehead atoms. The first-order valence-electron chi connectivity index (χ1n) is 9.57. The molecule has 1 aromatic heterocycles. The van der Waals surface area contributed by atoms with E-state index in [1.807, 2.05) is 30.3 Å². The lowest BCUT2D eigenvalue weighted by Gasteiger charge is -2.15. The SMILES string of the molecule is O=c1cc(-c2ccccc2)oc2c(OCCCN3CCCC3)c(O)cc(O)c12. The summed E-state index contributed by atoms with van der Waals surface area (Å²) < 4.78 is 11.7. The fraction of sp³-hybridized carbons (Fsp3) is 0.318. The second-order valence-corrected chi connectivity index (χ2v) is 7.04. The van der Waals surface area contributed by atoms with Crippen molar-refractivity contribution in [3.8, 4) is 28.6 Å². The second kappa shape index (κ2) is 7.94. The van der Waals surface area contributed by atoms with Gasteiger partial charge in [0.15, 0.2) is 16.8 Å². The third-order valence-electron chi connectivity index (χ3n) is 5.04. The molecule has 0 atom stereocenters. The number of benzene rings is 2. The summed E-state index contributed by atoms with van der Waals surface area (Å²) in [7, 11) is 0. The van der Waals surface area contributed by atoms with Gasteiger partial charge < -0.3 is 24.3 Å². The topological polar surface area (TPSA) is 83.1 Å². The summed E-state index contributed by atoms with van der Waals surface area (Å²) in [5, 5.41) is 20.5. The highest BCUT2D eigenvalue weighted by Crippen LogP contribution is 2.40. The van der Waals surface area contributed by atoms with Crippen LogP contribution in [-0.4, -0.2) is 41.4 Å². The number of ether oxygens (including phenoxy) is 1. The number of hydrogen-bond acceptors (Lipinski definition) is 6. The summed E-state index contributed by atoms with van der Waals surface area (Å²) in [5.41, 5.74) is 0.397. The molecular formula is C22H23NO5. The predicted molar refractivity (Wildman–Crippen MR) is 107 cm³/mol. The van der Waals surface area contributed by atoms with Gasteiger partial charge in [-0.05, 0) is 32.4 Å². The van der Waals surface area contributed by atoms with Gasteiger partial charge in [-0.1, -0.05) is 30.3 Å². The molecule has 6 heteroatoms. The Hall–Kier alpha value is -2.99. The van der Waals surface area contributed by atoms with Crippen molar-refractivity contribution >= 4 is 11.0 Å². The molecule has 0 unspecified atom stereocenters. The Morgan fingerprint density at radius 1 is 1.04 bits per heavy atom. The van der Waals surface area contributed by atoms with Crippen LogP contribution >= 0.6 is 0 Å². The van der Waals surface area contributed by atoms with Crippen molar-refractivity contribution in [1.82, 2.24) is 4.90 Å². The number of likely N-dealkylation sites (tertiary alicyclic amines) is 1. The minimum atomic E-state index is -0.389. The molecule has 0 saturated carbocycles. The molecule has 2 N–H and O–H groups in total. The normalized spacial score (nSPS) is 14.6. The molecule has 0 aliphatic carbocycles. The fourth-order valence-corrected chi connectivity index (χ4v) is 3.63. The quantitative estimate of drug-likeness (QED) is 0.633. The molecule has 1 saturated heterocycles. The van der Waals surface area contributed by atoms with Crippen LogP contribution in [0.2, 0.25) is 0 Å². The lowest BCUT2D eigenvalue weighted by molar-refractivity contribution is 0.255. The largest absolute Gasteiger partial charge is 0.507 e. The van der Waals surface area contributed by atoms with Crippen LogP contribution < -0.4 is 10.2 Å². The number of fused-ring (bicyclic) bond motifs is 1. The van der Waals surface area contributed by atoms with E-state index in [9.17, 15) is 15.0 Å². The summed E-state index contributed by atoms with van der Waals surface area (Å²) >= 11 is 0. The van der Waals surface area contributed by atoms with Gasteiger partial charge in [0.05, 0.1) is 6.61 Å². The van der Waals surface area contributed by atoms with Crippen LogP contribution in [0, 0.1) is 0 Å². The minimum absolute atomic E-state index is 0.00650. The minimum Gasteiger partial charge on any atom is -0.507 e. The van der Waals surface area contributed by atoms with Crippen LogP contribution in [0.5, 0.6) is 17.2 Å². The van der Waals surface area contributed by atoms with Crippen LogP contribution in [0.4, 0.5) is 0 Å². The third kappa shape index (κ3) is 3.68. The maximum Gasteiger partial charge on any atom is 0.205 e. The van der Waals surface area contributed by atoms with Gasteiger partial charge in [-0.25, -0.2) is 0 Å². The Labute approximate surface area is 162 Å². The van der Waals surface area contributed by atoms with Crippen LogP contribution in [0.15, 0.2) is 51.7 Å². The summed E-state index contributed by atoms with van der Waals surface area (Å²) in [6, 6.07) is 11.7. The average Bonchev–Trinajstić information content (AvgIpc) is 3.20. The van der Waals surface area contributed by atoms with Gasteiger partial charge in [-0.2, -0.15) is 0 Å². The zero-order valence-corrected chi connectivity index (χ0v) is 15.6. The molecule has 4 rings (SSSR count). The molecule has 2 heterocycles. The summed E-state index contributed by atoms with van der Waals surface area (Å²) in [5.74, 6) is -0.140. The van der Waals surface area contributed by atoms with Gasteiger partial charge >= 0.3 is 0 Å². The fourth-order valence-electron chi connectivity index (χ4n) is 3.63. The smallest absolute Gasteiger partial charge is 0.205 e. The molecule has 146 valence electrons. The van der Waals surface area contributed by atoms with Crippen LogP contribution in [0.3, 0.4) is 0 Å². The summed E-state index contributed by atoms with van der Waals surface area (Å²) in [6.45, 7) is 3.53.